The van der Waals surface area contributed by atoms with Crippen LogP contribution in [0, 0.1) is 0 Å². The van der Waals surface area contributed by atoms with Gasteiger partial charge in [-0.25, -0.2) is 8.78 Å². The molecule has 6 heteroatoms. The van der Waals surface area contributed by atoms with E-state index in [2.05, 4.69) is 9.68 Å². The van der Waals surface area contributed by atoms with Crippen molar-refractivity contribution >= 4 is 17.5 Å². The standard InChI is InChI=1S/C10H7ClF2N2O/c11-5-1-2-6(9(12)13)7(3-5)8-4-15-16-10(8)14/h1-4,9H,14H2. The van der Waals surface area contributed by atoms with Crippen LogP contribution in [-0.2, 0) is 0 Å². The first-order valence-electron chi connectivity index (χ1n) is 4.37. The fourth-order valence-electron chi connectivity index (χ4n) is 1.40. The van der Waals surface area contributed by atoms with Crippen LogP contribution >= 0.6 is 11.6 Å². The summed E-state index contributed by atoms with van der Waals surface area (Å²) in [7, 11) is 0. The van der Waals surface area contributed by atoms with Crippen molar-refractivity contribution in [3.63, 3.8) is 0 Å². The molecule has 0 saturated heterocycles. The Morgan fingerprint density at radius 3 is 2.62 bits per heavy atom. The van der Waals surface area contributed by atoms with Gasteiger partial charge in [0.1, 0.15) is 0 Å². The van der Waals surface area contributed by atoms with Crippen LogP contribution in [0.3, 0.4) is 0 Å². The molecule has 1 aromatic heterocycles. The summed E-state index contributed by atoms with van der Waals surface area (Å²) < 4.78 is 30.1. The highest BCUT2D eigenvalue weighted by atomic mass is 35.5. The summed E-state index contributed by atoms with van der Waals surface area (Å²) in [5.41, 5.74) is 5.88. The van der Waals surface area contributed by atoms with E-state index in [0.29, 0.717) is 10.6 Å². The highest BCUT2D eigenvalue weighted by molar-refractivity contribution is 6.30. The van der Waals surface area contributed by atoms with Gasteiger partial charge < -0.3 is 10.3 Å². The monoisotopic (exact) mass is 244 g/mol. The number of halogens is 3. The van der Waals surface area contributed by atoms with Crippen LogP contribution in [-0.4, -0.2) is 5.16 Å². The molecule has 0 aliphatic carbocycles. The van der Waals surface area contributed by atoms with Gasteiger partial charge in [0.05, 0.1) is 11.8 Å². The summed E-state index contributed by atoms with van der Waals surface area (Å²) in [5, 5.41) is 3.79. The Morgan fingerprint density at radius 1 is 1.31 bits per heavy atom. The molecule has 0 fully saturated rings. The number of anilines is 1. The zero-order chi connectivity index (χ0) is 11.7. The summed E-state index contributed by atoms with van der Waals surface area (Å²) in [6.45, 7) is 0. The van der Waals surface area contributed by atoms with Crippen molar-refractivity contribution in [3.05, 3.63) is 35.0 Å². The van der Waals surface area contributed by atoms with E-state index in [4.69, 9.17) is 17.3 Å². The molecule has 0 unspecified atom stereocenters. The molecule has 16 heavy (non-hydrogen) atoms. The average Bonchev–Trinajstić information content (AvgIpc) is 2.63. The van der Waals surface area contributed by atoms with Gasteiger partial charge in [0.15, 0.2) is 0 Å². The lowest BCUT2D eigenvalue weighted by molar-refractivity contribution is 0.152. The van der Waals surface area contributed by atoms with Crippen LogP contribution < -0.4 is 5.73 Å². The Balaban J connectivity index is 2.63. The number of nitrogen functional groups attached to an aromatic ring is 1. The largest absolute Gasteiger partial charge is 0.367 e. The highest BCUT2D eigenvalue weighted by Gasteiger charge is 2.18. The minimum absolute atomic E-state index is 0.0100. The summed E-state index contributed by atoms with van der Waals surface area (Å²) in [5.74, 6) is -0.0100. The second-order valence-corrected chi connectivity index (χ2v) is 3.57. The van der Waals surface area contributed by atoms with Gasteiger partial charge in [-0.3, -0.25) is 0 Å². The molecule has 0 spiro atoms. The lowest BCUT2D eigenvalue weighted by Gasteiger charge is -2.07. The van der Waals surface area contributed by atoms with Crippen LogP contribution in [0.5, 0.6) is 0 Å². The molecule has 2 rings (SSSR count). The third-order valence-corrected chi connectivity index (χ3v) is 2.37. The first-order chi connectivity index (χ1) is 7.59. The van der Waals surface area contributed by atoms with Crippen LogP contribution in [0.4, 0.5) is 14.7 Å². The number of hydrogen-bond donors (Lipinski definition) is 1. The zero-order valence-electron chi connectivity index (χ0n) is 7.95. The predicted molar refractivity (Wildman–Crippen MR) is 56.3 cm³/mol. The molecule has 1 heterocycles. The Hall–Kier alpha value is -1.62. The summed E-state index contributed by atoms with van der Waals surface area (Å²) in [4.78, 5) is 0. The first kappa shape index (κ1) is 10.9. The number of alkyl halides is 2. The van der Waals surface area contributed by atoms with Gasteiger partial charge in [-0.1, -0.05) is 22.8 Å². The smallest absolute Gasteiger partial charge is 0.264 e. The van der Waals surface area contributed by atoms with Crippen molar-refractivity contribution in [2.45, 2.75) is 6.43 Å². The van der Waals surface area contributed by atoms with Crippen LogP contribution in [0.15, 0.2) is 28.9 Å². The number of rotatable bonds is 2. The minimum Gasteiger partial charge on any atom is -0.367 e. The number of hydrogen-bond acceptors (Lipinski definition) is 3. The molecule has 3 nitrogen and oxygen atoms in total. The molecule has 2 N–H and O–H groups in total. The van der Waals surface area contributed by atoms with E-state index in [-0.39, 0.29) is 17.0 Å². The second kappa shape index (κ2) is 4.09. The van der Waals surface area contributed by atoms with Crippen molar-refractivity contribution in [3.8, 4) is 11.1 Å². The molecule has 0 saturated carbocycles. The molecule has 0 aliphatic heterocycles. The Morgan fingerprint density at radius 2 is 2.06 bits per heavy atom. The lowest BCUT2D eigenvalue weighted by atomic mass is 10.0. The summed E-state index contributed by atoms with van der Waals surface area (Å²) in [6.07, 6.45) is -1.33. The summed E-state index contributed by atoms with van der Waals surface area (Å²) in [6, 6.07) is 4.07. The van der Waals surface area contributed by atoms with E-state index in [1.54, 1.807) is 0 Å². The average molecular weight is 245 g/mol. The maximum absolute atomic E-state index is 12.7. The third kappa shape index (κ3) is 1.86. The summed E-state index contributed by atoms with van der Waals surface area (Å²) >= 11 is 5.75. The van der Waals surface area contributed by atoms with Gasteiger partial charge in [-0.2, -0.15) is 0 Å². The van der Waals surface area contributed by atoms with E-state index >= 15 is 0 Å². The number of aromatic nitrogens is 1. The maximum Gasteiger partial charge on any atom is 0.264 e. The molecule has 84 valence electrons. The number of nitrogens with zero attached hydrogens (tertiary/aromatic N) is 1. The lowest BCUT2D eigenvalue weighted by Crippen LogP contribution is -1.92. The van der Waals surface area contributed by atoms with Crippen molar-refractivity contribution < 1.29 is 13.3 Å². The van der Waals surface area contributed by atoms with Crippen molar-refractivity contribution in [1.29, 1.82) is 0 Å². The molecule has 0 atom stereocenters. The molecule has 0 amide bonds. The van der Waals surface area contributed by atoms with Gasteiger partial charge in [-0.05, 0) is 17.7 Å². The van der Waals surface area contributed by atoms with Crippen molar-refractivity contribution in [1.82, 2.24) is 5.16 Å². The Labute approximate surface area is 94.8 Å². The van der Waals surface area contributed by atoms with Gasteiger partial charge >= 0.3 is 0 Å². The van der Waals surface area contributed by atoms with Gasteiger partial charge in [0, 0.05) is 10.6 Å². The first-order valence-corrected chi connectivity index (χ1v) is 4.75. The highest BCUT2D eigenvalue weighted by Crippen LogP contribution is 2.35. The Bertz CT molecular complexity index is 513. The van der Waals surface area contributed by atoms with Crippen molar-refractivity contribution in [2.75, 3.05) is 5.73 Å². The van der Waals surface area contributed by atoms with Gasteiger partial charge in [0.2, 0.25) is 5.88 Å². The van der Waals surface area contributed by atoms with Gasteiger partial charge in [0.25, 0.3) is 6.43 Å². The van der Waals surface area contributed by atoms with E-state index in [1.807, 2.05) is 0 Å². The van der Waals surface area contributed by atoms with E-state index in [1.165, 1.54) is 24.4 Å². The zero-order valence-corrected chi connectivity index (χ0v) is 8.71. The number of nitrogens with two attached hydrogens (primary N) is 1. The Kier molecular flexibility index (Phi) is 2.78. The van der Waals surface area contributed by atoms with Crippen molar-refractivity contribution in [2.24, 2.45) is 0 Å². The molecule has 2 aromatic rings. The molecule has 0 bridgehead atoms. The second-order valence-electron chi connectivity index (χ2n) is 3.14. The molecule has 0 radical (unpaired) electrons. The van der Waals surface area contributed by atoms with E-state index in [0.717, 1.165) is 0 Å². The molecule has 1 aromatic carbocycles. The van der Waals surface area contributed by atoms with E-state index in [9.17, 15) is 8.78 Å². The van der Waals surface area contributed by atoms with Crippen LogP contribution in [0.25, 0.3) is 11.1 Å². The third-order valence-electron chi connectivity index (χ3n) is 2.14. The fourth-order valence-corrected chi connectivity index (χ4v) is 1.58. The van der Waals surface area contributed by atoms with Gasteiger partial charge in [-0.15, -0.1) is 0 Å². The number of benzene rings is 1. The maximum atomic E-state index is 12.7. The topological polar surface area (TPSA) is 52.0 Å². The quantitative estimate of drug-likeness (QED) is 0.879. The fraction of sp³-hybridized carbons (Fsp3) is 0.100. The SMILES string of the molecule is Nc1oncc1-c1cc(Cl)ccc1C(F)F. The predicted octanol–water partition coefficient (Wildman–Crippen LogP) is 3.51. The normalized spacial score (nSPS) is 11.0. The minimum atomic E-state index is -2.61. The van der Waals surface area contributed by atoms with Crippen LogP contribution in [0.1, 0.15) is 12.0 Å². The van der Waals surface area contributed by atoms with E-state index < -0.39 is 6.43 Å². The molecular formula is C10H7ClF2N2O. The van der Waals surface area contributed by atoms with Crippen LogP contribution in [0.2, 0.25) is 5.02 Å². The molecule has 0 aliphatic rings. The molecular weight excluding hydrogens is 238 g/mol.